The fourth-order valence-corrected chi connectivity index (χ4v) is 4.83. The third-order valence-corrected chi connectivity index (χ3v) is 6.58. The lowest BCUT2D eigenvalue weighted by atomic mass is 10.1. The van der Waals surface area contributed by atoms with Crippen LogP contribution in [0.15, 0.2) is 58.3 Å². The van der Waals surface area contributed by atoms with Gasteiger partial charge in [0.25, 0.3) is 5.91 Å². The number of fused-ring (bicyclic) bond motifs is 3. The second-order valence-electron chi connectivity index (χ2n) is 6.44. The number of aryl methyl sites for hydroxylation is 1. The van der Waals surface area contributed by atoms with Crippen LogP contribution in [0.2, 0.25) is 0 Å². The van der Waals surface area contributed by atoms with Crippen molar-refractivity contribution in [1.29, 1.82) is 0 Å². The molecule has 3 aromatic rings. The van der Waals surface area contributed by atoms with Crippen molar-refractivity contribution in [2.75, 3.05) is 12.8 Å². The molecule has 1 aliphatic rings. The van der Waals surface area contributed by atoms with Crippen LogP contribution in [0.5, 0.6) is 0 Å². The van der Waals surface area contributed by atoms with E-state index < -0.39 is 0 Å². The predicted octanol–water partition coefficient (Wildman–Crippen LogP) is 4.39. The molecule has 1 aliphatic heterocycles. The molecule has 2 aromatic carbocycles. The van der Waals surface area contributed by atoms with Gasteiger partial charge in [-0.15, -0.1) is 23.5 Å². The maximum Gasteiger partial charge on any atom is 0.272 e. The third kappa shape index (κ3) is 3.64. The van der Waals surface area contributed by atoms with Crippen LogP contribution < -0.4 is 5.32 Å². The minimum absolute atomic E-state index is 0.0902. The maximum absolute atomic E-state index is 12.7. The van der Waals surface area contributed by atoms with E-state index >= 15 is 0 Å². The normalized spacial score (nSPS) is 12.4. The summed E-state index contributed by atoms with van der Waals surface area (Å²) in [7, 11) is 1.91. The number of aromatic nitrogens is 2. The minimum Gasteiger partial charge on any atom is -0.350 e. The number of amides is 1. The topological polar surface area (TPSA) is 46.9 Å². The Morgan fingerprint density at radius 3 is 2.78 bits per heavy atom. The van der Waals surface area contributed by atoms with Gasteiger partial charge in [-0.25, -0.2) is 0 Å². The van der Waals surface area contributed by atoms with Gasteiger partial charge in [0.1, 0.15) is 0 Å². The Balaban J connectivity index is 1.47. The number of carbonyl (C=O) groups excluding carboxylic acids is 1. The monoisotopic (exact) mass is 395 g/mol. The van der Waals surface area contributed by atoms with Crippen LogP contribution >= 0.6 is 23.5 Å². The number of thioether (sulfide) groups is 2. The van der Waals surface area contributed by atoms with Gasteiger partial charge in [0.05, 0.1) is 5.69 Å². The molecule has 1 amide bonds. The van der Waals surface area contributed by atoms with E-state index in [-0.39, 0.29) is 5.91 Å². The van der Waals surface area contributed by atoms with Gasteiger partial charge >= 0.3 is 0 Å². The number of nitrogens with one attached hydrogen (secondary N) is 1. The van der Waals surface area contributed by atoms with E-state index in [1.165, 1.54) is 15.4 Å². The zero-order valence-corrected chi connectivity index (χ0v) is 17.0. The minimum atomic E-state index is -0.0902. The Morgan fingerprint density at radius 1 is 1.22 bits per heavy atom. The van der Waals surface area contributed by atoms with Gasteiger partial charge in [0.15, 0.2) is 5.69 Å². The first-order valence-corrected chi connectivity index (χ1v) is 11.1. The molecule has 1 N–H and O–H groups in total. The Morgan fingerprint density at radius 2 is 2.00 bits per heavy atom. The van der Waals surface area contributed by atoms with E-state index in [4.69, 9.17) is 0 Å². The SMILES string of the molecule is CSc1ccc(CCNC(=O)c2nn(C)c3c2CSc2ccccc2-3)cc1. The van der Waals surface area contributed by atoms with Gasteiger partial charge in [0, 0.05) is 40.3 Å². The van der Waals surface area contributed by atoms with Crippen molar-refractivity contribution in [2.45, 2.75) is 22.0 Å². The van der Waals surface area contributed by atoms with Crippen molar-refractivity contribution in [2.24, 2.45) is 7.05 Å². The Kier molecular flexibility index (Phi) is 5.27. The van der Waals surface area contributed by atoms with E-state index in [9.17, 15) is 4.79 Å². The molecule has 2 heterocycles. The van der Waals surface area contributed by atoms with E-state index in [2.05, 4.69) is 53.1 Å². The second kappa shape index (κ2) is 7.82. The molecule has 0 aliphatic carbocycles. The van der Waals surface area contributed by atoms with Gasteiger partial charge < -0.3 is 5.32 Å². The average molecular weight is 396 g/mol. The van der Waals surface area contributed by atoms with Crippen molar-refractivity contribution in [3.63, 3.8) is 0 Å². The first-order chi connectivity index (χ1) is 13.2. The molecule has 0 atom stereocenters. The number of carbonyl (C=O) groups is 1. The van der Waals surface area contributed by atoms with Gasteiger partial charge in [-0.2, -0.15) is 5.10 Å². The van der Waals surface area contributed by atoms with E-state index in [1.807, 2.05) is 23.9 Å². The number of benzene rings is 2. The van der Waals surface area contributed by atoms with Crippen molar-refractivity contribution < 1.29 is 4.79 Å². The maximum atomic E-state index is 12.7. The fraction of sp³-hybridized carbons (Fsp3) is 0.238. The zero-order chi connectivity index (χ0) is 18.8. The molecule has 4 nitrogen and oxygen atoms in total. The smallest absolute Gasteiger partial charge is 0.272 e. The molecule has 0 saturated heterocycles. The third-order valence-electron chi connectivity index (χ3n) is 4.73. The highest BCUT2D eigenvalue weighted by Gasteiger charge is 2.27. The van der Waals surface area contributed by atoms with Gasteiger partial charge in [-0.3, -0.25) is 9.48 Å². The van der Waals surface area contributed by atoms with Crippen LogP contribution in [-0.2, 0) is 19.2 Å². The predicted molar refractivity (Wildman–Crippen MR) is 112 cm³/mol. The largest absolute Gasteiger partial charge is 0.350 e. The number of hydrogen-bond donors (Lipinski definition) is 1. The molecule has 0 fully saturated rings. The molecule has 0 bridgehead atoms. The number of rotatable bonds is 5. The Bertz CT molecular complexity index is 980. The Labute approximate surface area is 167 Å². The highest BCUT2D eigenvalue weighted by molar-refractivity contribution is 7.99. The lowest BCUT2D eigenvalue weighted by Gasteiger charge is -2.16. The molecule has 138 valence electrons. The molecule has 1 aromatic heterocycles. The molecule has 6 heteroatoms. The molecule has 0 spiro atoms. The molecular weight excluding hydrogens is 374 g/mol. The lowest BCUT2D eigenvalue weighted by Crippen LogP contribution is -2.27. The summed E-state index contributed by atoms with van der Waals surface area (Å²) in [5, 5.41) is 7.56. The average Bonchev–Trinajstić information content (AvgIpc) is 3.05. The van der Waals surface area contributed by atoms with E-state index in [0.29, 0.717) is 12.2 Å². The molecule has 0 unspecified atom stereocenters. The summed E-state index contributed by atoms with van der Waals surface area (Å²) in [5.74, 6) is 0.687. The van der Waals surface area contributed by atoms with Crippen LogP contribution in [0.25, 0.3) is 11.3 Å². The number of hydrogen-bond acceptors (Lipinski definition) is 4. The molecule has 0 saturated carbocycles. The van der Waals surface area contributed by atoms with Crippen LogP contribution in [-0.4, -0.2) is 28.5 Å². The summed E-state index contributed by atoms with van der Waals surface area (Å²) in [6, 6.07) is 16.8. The van der Waals surface area contributed by atoms with Crippen molar-refractivity contribution >= 4 is 29.4 Å². The molecule has 27 heavy (non-hydrogen) atoms. The van der Waals surface area contributed by atoms with E-state index in [0.717, 1.165) is 29.0 Å². The molecule has 4 rings (SSSR count). The van der Waals surface area contributed by atoms with Crippen LogP contribution in [0, 0.1) is 0 Å². The summed E-state index contributed by atoms with van der Waals surface area (Å²) in [4.78, 5) is 15.2. The zero-order valence-electron chi connectivity index (χ0n) is 15.4. The van der Waals surface area contributed by atoms with Crippen LogP contribution in [0.1, 0.15) is 21.6 Å². The summed E-state index contributed by atoms with van der Waals surface area (Å²) < 4.78 is 1.84. The highest BCUT2D eigenvalue weighted by Crippen LogP contribution is 2.42. The van der Waals surface area contributed by atoms with Crippen molar-refractivity contribution in [3.05, 3.63) is 65.4 Å². The summed E-state index contributed by atoms with van der Waals surface area (Å²) in [6.07, 6.45) is 2.88. The quantitative estimate of drug-likeness (QED) is 0.651. The first kappa shape index (κ1) is 18.2. The lowest BCUT2D eigenvalue weighted by molar-refractivity contribution is 0.0948. The summed E-state index contributed by atoms with van der Waals surface area (Å²) in [6.45, 7) is 0.604. The summed E-state index contributed by atoms with van der Waals surface area (Å²) >= 11 is 3.50. The van der Waals surface area contributed by atoms with Crippen molar-refractivity contribution in [3.8, 4) is 11.3 Å². The van der Waals surface area contributed by atoms with Gasteiger partial charge in [0.2, 0.25) is 0 Å². The van der Waals surface area contributed by atoms with Gasteiger partial charge in [-0.1, -0.05) is 30.3 Å². The van der Waals surface area contributed by atoms with Crippen LogP contribution in [0.4, 0.5) is 0 Å². The molecular formula is C21H21N3OS2. The number of nitrogens with zero attached hydrogens (tertiary/aromatic N) is 2. The first-order valence-electron chi connectivity index (χ1n) is 8.86. The standard InChI is InChI=1S/C21H21N3OS2/c1-24-20-16-5-3-4-6-18(16)27-13-17(20)19(23-24)21(25)22-12-11-14-7-9-15(26-2)10-8-14/h3-10H,11-13H2,1-2H3,(H,22,25). The summed E-state index contributed by atoms with van der Waals surface area (Å²) in [5.41, 5.74) is 5.02. The molecule has 0 radical (unpaired) electrons. The van der Waals surface area contributed by atoms with Crippen molar-refractivity contribution in [1.82, 2.24) is 15.1 Å². The highest BCUT2D eigenvalue weighted by atomic mass is 32.2. The fourth-order valence-electron chi connectivity index (χ4n) is 3.36. The van der Waals surface area contributed by atoms with Crippen LogP contribution in [0.3, 0.4) is 0 Å². The second-order valence-corrected chi connectivity index (χ2v) is 8.34. The van der Waals surface area contributed by atoms with Gasteiger partial charge in [-0.05, 0) is 36.4 Å². The van der Waals surface area contributed by atoms with E-state index in [1.54, 1.807) is 23.5 Å². The Hall–Kier alpha value is -2.18.